The van der Waals surface area contributed by atoms with Gasteiger partial charge >= 0.3 is 5.97 Å². The molecule has 3 N–H and O–H groups in total. The Hall–Kier alpha value is -2.92. The smallest absolute Gasteiger partial charge is 0.337 e. The molecule has 5 nitrogen and oxygen atoms in total. The maximum Gasteiger partial charge on any atom is 0.337 e. The Morgan fingerprint density at radius 2 is 1.86 bits per heavy atom. The number of benzene rings is 1. The second-order valence-electron chi connectivity index (χ2n) is 7.66. The monoisotopic (exact) mass is 391 g/mol. The van der Waals surface area contributed by atoms with Gasteiger partial charge in [0.25, 0.3) is 0 Å². The Morgan fingerprint density at radius 1 is 1.17 bits per heavy atom. The van der Waals surface area contributed by atoms with Crippen molar-refractivity contribution in [2.24, 2.45) is 5.73 Å². The van der Waals surface area contributed by atoms with Gasteiger partial charge < -0.3 is 15.4 Å². The van der Waals surface area contributed by atoms with Crippen LogP contribution in [0, 0.1) is 13.8 Å². The van der Waals surface area contributed by atoms with Crippen molar-refractivity contribution < 1.29 is 9.90 Å². The van der Waals surface area contributed by atoms with Crippen LogP contribution in [0.25, 0.3) is 0 Å². The lowest BCUT2D eigenvalue weighted by atomic mass is 10.0. The predicted molar refractivity (Wildman–Crippen MR) is 115 cm³/mol. The molecule has 0 saturated heterocycles. The molecule has 1 unspecified atom stereocenters. The van der Waals surface area contributed by atoms with E-state index in [1.165, 1.54) is 30.4 Å². The van der Waals surface area contributed by atoms with Gasteiger partial charge in [-0.05, 0) is 74.4 Å². The molecule has 0 bridgehead atoms. The summed E-state index contributed by atoms with van der Waals surface area (Å²) in [5.41, 5.74) is 12.1. The molecule has 0 radical (unpaired) electrons. The zero-order chi connectivity index (χ0) is 20.8. The van der Waals surface area contributed by atoms with Crippen LogP contribution in [0.2, 0.25) is 0 Å². The molecule has 0 aliphatic heterocycles. The number of hydrogen-bond donors (Lipinski definition) is 2. The number of hydrogen-bond acceptors (Lipinski definition) is 3. The third-order valence-corrected chi connectivity index (χ3v) is 5.52. The highest BCUT2D eigenvalue weighted by Gasteiger charge is 2.14. The SMILES string of the molecule is Cc1cc(C(=O)O)c(C)n1Cc1ccncc1.NC1CCCc2ccccc2C1. The highest BCUT2D eigenvalue weighted by molar-refractivity contribution is 5.89. The van der Waals surface area contributed by atoms with Crippen LogP contribution in [0.15, 0.2) is 54.9 Å². The van der Waals surface area contributed by atoms with Gasteiger partial charge in [-0.3, -0.25) is 4.98 Å². The summed E-state index contributed by atoms with van der Waals surface area (Å²) in [5.74, 6) is -0.876. The van der Waals surface area contributed by atoms with Crippen LogP contribution in [0.1, 0.15) is 51.3 Å². The summed E-state index contributed by atoms with van der Waals surface area (Å²) in [4.78, 5) is 15.0. The highest BCUT2D eigenvalue weighted by atomic mass is 16.4. The van der Waals surface area contributed by atoms with Crippen molar-refractivity contribution in [3.8, 4) is 0 Å². The first-order valence-electron chi connectivity index (χ1n) is 10.1. The molecule has 3 aromatic rings. The number of aromatic carboxylic acids is 1. The average molecular weight is 392 g/mol. The summed E-state index contributed by atoms with van der Waals surface area (Å²) >= 11 is 0. The summed E-state index contributed by atoms with van der Waals surface area (Å²) in [6, 6.07) is 14.6. The first kappa shape index (κ1) is 20.8. The van der Waals surface area contributed by atoms with E-state index in [0.29, 0.717) is 18.2 Å². The summed E-state index contributed by atoms with van der Waals surface area (Å²) in [6.45, 7) is 4.42. The number of nitrogens with two attached hydrogens (primary N) is 1. The number of fused-ring (bicyclic) bond motifs is 1. The standard InChI is InChI=1S/C13H14N2O2.C11H15N/c1-9-7-12(13(16)17)10(2)15(9)8-11-3-5-14-6-4-11;12-11-7-3-6-9-4-1-2-5-10(9)8-11/h3-7H,8H2,1-2H3,(H,16,17);1-2,4-5,11H,3,6-8,12H2. The second kappa shape index (κ2) is 9.52. The van der Waals surface area contributed by atoms with Crippen molar-refractivity contribution in [2.45, 2.75) is 52.1 Å². The van der Waals surface area contributed by atoms with E-state index in [1.54, 1.807) is 18.5 Å². The van der Waals surface area contributed by atoms with Crippen molar-refractivity contribution in [1.82, 2.24) is 9.55 Å². The van der Waals surface area contributed by atoms with E-state index >= 15 is 0 Å². The lowest BCUT2D eigenvalue weighted by molar-refractivity contribution is 0.0696. The van der Waals surface area contributed by atoms with Crippen LogP contribution in [0.3, 0.4) is 0 Å². The molecule has 0 fully saturated rings. The minimum atomic E-state index is -0.876. The van der Waals surface area contributed by atoms with Gasteiger partial charge in [-0.1, -0.05) is 24.3 Å². The number of nitrogens with zero attached hydrogens (tertiary/aromatic N) is 2. The van der Waals surface area contributed by atoms with Crippen molar-refractivity contribution in [3.05, 3.63) is 88.5 Å². The Morgan fingerprint density at radius 3 is 2.52 bits per heavy atom. The van der Waals surface area contributed by atoms with Crippen molar-refractivity contribution in [1.29, 1.82) is 0 Å². The third kappa shape index (κ3) is 5.33. The van der Waals surface area contributed by atoms with Crippen LogP contribution >= 0.6 is 0 Å². The molecular formula is C24H29N3O2. The van der Waals surface area contributed by atoms with Gasteiger partial charge in [0.1, 0.15) is 0 Å². The Labute approximate surface area is 172 Å². The second-order valence-corrected chi connectivity index (χ2v) is 7.66. The first-order valence-corrected chi connectivity index (χ1v) is 10.1. The molecule has 152 valence electrons. The molecule has 0 amide bonds. The number of rotatable bonds is 3. The average Bonchev–Trinajstić information content (AvgIpc) is 2.88. The number of carboxylic acid groups (broad SMARTS) is 1. The Balaban J connectivity index is 0.000000176. The molecule has 1 aliphatic carbocycles. The van der Waals surface area contributed by atoms with E-state index in [1.807, 2.05) is 30.5 Å². The molecule has 29 heavy (non-hydrogen) atoms. The van der Waals surface area contributed by atoms with Crippen LogP contribution in [0.5, 0.6) is 0 Å². The maximum atomic E-state index is 11.0. The number of aromatic nitrogens is 2. The molecular weight excluding hydrogens is 362 g/mol. The van der Waals surface area contributed by atoms with E-state index in [4.69, 9.17) is 10.8 Å². The molecule has 0 spiro atoms. The summed E-state index contributed by atoms with van der Waals surface area (Å²) in [5, 5.41) is 9.05. The normalized spacial score (nSPS) is 15.6. The van der Waals surface area contributed by atoms with Gasteiger partial charge in [0.15, 0.2) is 0 Å². The maximum absolute atomic E-state index is 11.0. The van der Waals surface area contributed by atoms with E-state index in [2.05, 4.69) is 29.2 Å². The van der Waals surface area contributed by atoms with Gasteiger partial charge in [0, 0.05) is 36.4 Å². The largest absolute Gasteiger partial charge is 0.478 e. The fourth-order valence-electron chi connectivity index (χ4n) is 3.87. The number of aryl methyl sites for hydroxylation is 2. The quantitative estimate of drug-likeness (QED) is 0.658. The van der Waals surface area contributed by atoms with Gasteiger partial charge in [0.05, 0.1) is 5.56 Å². The summed E-state index contributed by atoms with van der Waals surface area (Å²) in [6.07, 6.45) is 8.18. The molecule has 0 saturated carbocycles. The molecule has 1 atom stereocenters. The fourth-order valence-corrected chi connectivity index (χ4v) is 3.87. The first-order chi connectivity index (χ1) is 14.0. The van der Waals surface area contributed by atoms with E-state index < -0.39 is 5.97 Å². The minimum absolute atomic E-state index is 0.372. The van der Waals surface area contributed by atoms with Crippen LogP contribution < -0.4 is 5.73 Å². The van der Waals surface area contributed by atoms with Crippen molar-refractivity contribution >= 4 is 5.97 Å². The molecule has 1 aromatic carbocycles. The predicted octanol–water partition coefficient (Wildman–Crippen LogP) is 4.14. The van der Waals surface area contributed by atoms with Crippen molar-refractivity contribution in [2.75, 3.05) is 0 Å². The lowest BCUT2D eigenvalue weighted by Crippen LogP contribution is -2.21. The summed E-state index contributed by atoms with van der Waals surface area (Å²) in [7, 11) is 0. The molecule has 2 aromatic heterocycles. The molecule has 1 aliphatic rings. The molecule has 2 heterocycles. The third-order valence-electron chi connectivity index (χ3n) is 5.52. The Bertz CT molecular complexity index is 964. The van der Waals surface area contributed by atoms with Gasteiger partial charge in [-0.25, -0.2) is 4.79 Å². The van der Waals surface area contributed by atoms with E-state index in [0.717, 1.165) is 23.4 Å². The summed E-state index contributed by atoms with van der Waals surface area (Å²) < 4.78 is 2.00. The molecule has 4 rings (SSSR count). The fraction of sp³-hybridized carbons (Fsp3) is 0.333. The van der Waals surface area contributed by atoms with Crippen LogP contribution in [-0.2, 0) is 19.4 Å². The molecule has 5 heteroatoms. The van der Waals surface area contributed by atoms with Gasteiger partial charge in [-0.2, -0.15) is 0 Å². The van der Waals surface area contributed by atoms with Crippen molar-refractivity contribution in [3.63, 3.8) is 0 Å². The zero-order valence-corrected chi connectivity index (χ0v) is 17.1. The van der Waals surface area contributed by atoms with Gasteiger partial charge in [0.2, 0.25) is 0 Å². The van der Waals surface area contributed by atoms with E-state index in [-0.39, 0.29) is 0 Å². The zero-order valence-electron chi connectivity index (χ0n) is 17.1. The topological polar surface area (TPSA) is 81.1 Å². The Kier molecular flexibility index (Phi) is 6.83. The van der Waals surface area contributed by atoms with E-state index in [9.17, 15) is 4.79 Å². The number of carboxylic acids is 1. The number of pyridine rings is 1. The highest BCUT2D eigenvalue weighted by Crippen LogP contribution is 2.19. The minimum Gasteiger partial charge on any atom is -0.478 e. The van der Waals surface area contributed by atoms with Crippen LogP contribution in [-0.4, -0.2) is 26.7 Å². The van der Waals surface area contributed by atoms with Crippen LogP contribution in [0.4, 0.5) is 0 Å². The van der Waals surface area contributed by atoms with Gasteiger partial charge in [-0.15, -0.1) is 0 Å². The number of carbonyl (C=O) groups is 1. The lowest BCUT2D eigenvalue weighted by Gasteiger charge is -2.09.